The molecule has 8 heteroatoms. The Morgan fingerprint density at radius 2 is 2.12 bits per heavy atom. The number of thiazole rings is 1. The van der Waals surface area contributed by atoms with Crippen LogP contribution in [-0.4, -0.2) is 27.1 Å². The maximum absolute atomic E-state index is 13.2. The molecule has 0 saturated carbocycles. The molecule has 1 atom stereocenters. The summed E-state index contributed by atoms with van der Waals surface area (Å²) >= 11 is 1.34. The fourth-order valence-electron chi connectivity index (χ4n) is 2.68. The van der Waals surface area contributed by atoms with Crippen molar-refractivity contribution in [1.29, 1.82) is 0 Å². The standard InChI is InChI=1S/C17H17FN2O3S2/c1-9(2)15-13(17(22)23-3)19-16(24-15)14(21)11-8-20(25-18)12-7-5-4-6-10(11)12/h4-9,14,21H,1-3H3. The first-order valence-corrected chi connectivity index (χ1v) is 9.13. The highest BCUT2D eigenvalue weighted by Gasteiger charge is 2.26. The fraction of sp³-hybridized carbons (Fsp3) is 0.294. The lowest BCUT2D eigenvalue weighted by molar-refractivity contribution is 0.0592. The molecule has 25 heavy (non-hydrogen) atoms. The van der Waals surface area contributed by atoms with Gasteiger partial charge in [-0.1, -0.05) is 32.0 Å². The molecule has 132 valence electrons. The molecule has 0 saturated heterocycles. The van der Waals surface area contributed by atoms with E-state index in [9.17, 15) is 13.8 Å². The number of carbonyl (C=O) groups is 1. The molecule has 1 unspecified atom stereocenters. The largest absolute Gasteiger partial charge is 0.464 e. The lowest BCUT2D eigenvalue weighted by Crippen LogP contribution is -2.06. The molecule has 0 bridgehead atoms. The summed E-state index contributed by atoms with van der Waals surface area (Å²) in [5.74, 6) is -0.463. The second-order valence-electron chi connectivity index (χ2n) is 5.81. The van der Waals surface area contributed by atoms with E-state index in [4.69, 9.17) is 4.74 Å². The van der Waals surface area contributed by atoms with Crippen LogP contribution in [0, 0.1) is 0 Å². The number of halogens is 1. The van der Waals surface area contributed by atoms with Gasteiger partial charge in [0.05, 0.1) is 12.6 Å². The van der Waals surface area contributed by atoms with E-state index in [0.29, 0.717) is 16.1 Å². The summed E-state index contributed by atoms with van der Waals surface area (Å²) in [6.45, 7) is 3.89. The Kier molecular flexibility index (Phi) is 5.12. The van der Waals surface area contributed by atoms with Crippen molar-refractivity contribution in [2.45, 2.75) is 25.9 Å². The summed E-state index contributed by atoms with van der Waals surface area (Å²) in [7, 11) is 1.30. The van der Waals surface area contributed by atoms with Crippen LogP contribution in [0.25, 0.3) is 10.9 Å². The van der Waals surface area contributed by atoms with Gasteiger partial charge in [-0.3, -0.25) is 3.97 Å². The van der Waals surface area contributed by atoms with Crippen LogP contribution < -0.4 is 0 Å². The smallest absolute Gasteiger partial charge is 0.357 e. The molecule has 0 aliphatic carbocycles. The zero-order valence-corrected chi connectivity index (χ0v) is 15.5. The number of nitrogens with zero attached hydrogens (tertiary/aromatic N) is 2. The van der Waals surface area contributed by atoms with Crippen molar-refractivity contribution in [3.05, 3.63) is 51.6 Å². The number of benzene rings is 1. The summed E-state index contributed by atoms with van der Waals surface area (Å²) in [6, 6.07) is 7.23. The fourth-order valence-corrected chi connectivity index (χ4v) is 4.13. The van der Waals surface area contributed by atoms with E-state index >= 15 is 0 Å². The lowest BCUT2D eigenvalue weighted by atomic mass is 10.1. The van der Waals surface area contributed by atoms with Crippen LogP contribution in [0.1, 0.15) is 51.8 Å². The summed E-state index contributed by atoms with van der Waals surface area (Å²) in [5.41, 5.74) is 1.43. The summed E-state index contributed by atoms with van der Waals surface area (Å²) in [4.78, 5) is 17.0. The van der Waals surface area contributed by atoms with E-state index in [-0.39, 0.29) is 23.9 Å². The molecule has 0 radical (unpaired) electrons. The van der Waals surface area contributed by atoms with Crippen molar-refractivity contribution in [3.8, 4) is 0 Å². The minimum Gasteiger partial charge on any atom is -0.464 e. The number of aromatic nitrogens is 2. The van der Waals surface area contributed by atoms with Crippen LogP contribution in [-0.2, 0) is 4.74 Å². The number of para-hydroxylation sites is 1. The van der Waals surface area contributed by atoms with Crippen LogP contribution in [0.3, 0.4) is 0 Å². The van der Waals surface area contributed by atoms with Gasteiger partial charge in [-0.15, -0.1) is 15.2 Å². The Labute approximate surface area is 152 Å². The molecular weight excluding hydrogens is 363 g/mol. The normalized spacial score (nSPS) is 12.7. The third-order valence-electron chi connectivity index (χ3n) is 3.88. The molecule has 5 nitrogen and oxygen atoms in total. The van der Waals surface area contributed by atoms with Crippen molar-refractivity contribution >= 4 is 40.5 Å². The molecule has 0 fully saturated rings. The number of rotatable bonds is 5. The van der Waals surface area contributed by atoms with Gasteiger partial charge in [0, 0.05) is 22.0 Å². The highest BCUT2D eigenvalue weighted by Crippen LogP contribution is 2.37. The Morgan fingerprint density at radius 1 is 1.40 bits per heavy atom. The Bertz CT molecular complexity index is 920. The third kappa shape index (κ3) is 3.17. The molecule has 3 rings (SSSR count). The van der Waals surface area contributed by atoms with Crippen LogP contribution in [0.15, 0.2) is 30.5 Å². The summed E-state index contributed by atoms with van der Waals surface area (Å²) < 4.78 is 19.3. The average molecular weight is 380 g/mol. The molecule has 0 aliphatic rings. The number of methoxy groups -OCH3 is 1. The SMILES string of the molecule is COC(=O)c1nc(C(O)c2cn(SF)c3ccccc23)sc1C(C)C. The first-order chi connectivity index (χ1) is 12.0. The first kappa shape index (κ1) is 17.9. The Morgan fingerprint density at radius 3 is 2.76 bits per heavy atom. The zero-order chi connectivity index (χ0) is 18.1. The zero-order valence-electron chi connectivity index (χ0n) is 13.9. The summed E-state index contributed by atoms with van der Waals surface area (Å²) in [6.07, 6.45) is 0.494. The number of esters is 1. The maximum atomic E-state index is 13.2. The number of aliphatic hydroxyl groups excluding tert-OH is 1. The van der Waals surface area contributed by atoms with Crippen LogP contribution in [0.5, 0.6) is 0 Å². The molecule has 0 aliphatic heterocycles. The van der Waals surface area contributed by atoms with E-state index in [1.54, 1.807) is 18.3 Å². The molecule has 2 heterocycles. The minimum atomic E-state index is -1.06. The predicted molar refractivity (Wildman–Crippen MR) is 97.6 cm³/mol. The monoisotopic (exact) mass is 380 g/mol. The number of hydrogen-bond donors (Lipinski definition) is 1. The van der Waals surface area contributed by atoms with Crippen molar-refractivity contribution in [2.75, 3.05) is 7.11 Å². The average Bonchev–Trinajstić information content (AvgIpc) is 3.22. The molecule has 0 amide bonds. The van der Waals surface area contributed by atoms with Gasteiger partial charge in [-0.05, 0) is 12.0 Å². The van der Waals surface area contributed by atoms with Crippen LogP contribution in [0.2, 0.25) is 0 Å². The van der Waals surface area contributed by atoms with E-state index in [1.165, 1.54) is 22.4 Å². The van der Waals surface area contributed by atoms with Gasteiger partial charge in [0.15, 0.2) is 18.0 Å². The highest BCUT2D eigenvalue weighted by molar-refractivity contribution is 7.92. The summed E-state index contributed by atoms with van der Waals surface area (Å²) in [5, 5.41) is 11.9. The molecule has 1 N–H and O–H groups in total. The van der Waals surface area contributed by atoms with Gasteiger partial charge in [0.2, 0.25) is 0 Å². The topological polar surface area (TPSA) is 64.3 Å². The number of aliphatic hydroxyl groups is 1. The van der Waals surface area contributed by atoms with E-state index < -0.39 is 12.1 Å². The Hall–Kier alpha value is -1.90. The molecular formula is C17H17FN2O3S2. The quantitative estimate of drug-likeness (QED) is 0.662. The van der Waals surface area contributed by atoms with E-state index in [0.717, 1.165) is 10.3 Å². The molecule has 0 spiro atoms. The first-order valence-electron chi connectivity index (χ1n) is 7.64. The van der Waals surface area contributed by atoms with Crippen molar-refractivity contribution in [2.24, 2.45) is 0 Å². The van der Waals surface area contributed by atoms with Crippen molar-refractivity contribution in [1.82, 2.24) is 8.96 Å². The van der Waals surface area contributed by atoms with Crippen LogP contribution in [0.4, 0.5) is 3.89 Å². The van der Waals surface area contributed by atoms with Gasteiger partial charge < -0.3 is 9.84 Å². The number of hydrogen-bond acceptors (Lipinski definition) is 6. The molecule has 3 aromatic rings. The maximum Gasteiger partial charge on any atom is 0.357 e. The van der Waals surface area contributed by atoms with Gasteiger partial charge in [-0.25, -0.2) is 9.78 Å². The Balaban J connectivity index is 2.10. The lowest BCUT2D eigenvalue weighted by Gasteiger charge is -2.06. The van der Waals surface area contributed by atoms with Gasteiger partial charge in [-0.2, -0.15) is 0 Å². The second kappa shape index (κ2) is 7.15. The number of carbonyl (C=O) groups excluding carboxylic acids is 1. The highest BCUT2D eigenvalue weighted by atomic mass is 32.2. The van der Waals surface area contributed by atoms with Crippen molar-refractivity contribution < 1.29 is 18.5 Å². The molecule has 1 aromatic carbocycles. The van der Waals surface area contributed by atoms with E-state index in [2.05, 4.69) is 4.98 Å². The second-order valence-corrected chi connectivity index (χ2v) is 7.40. The van der Waals surface area contributed by atoms with Gasteiger partial charge in [0.1, 0.15) is 11.1 Å². The number of fused-ring (bicyclic) bond motifs is 1. The van der Waals surface area contributed by atoms with Crippen LogP contribution >= 0.6 is 23.7 Å². The van der Waals surface area contributed by atoms with Gasteiger partial charge >= 0.3 is 5.97 Å². The van der Waals surface area contributed by atoms with Crippen molar-refractivity contribution in [3.63, 3.8) is 0 Å². The minimum absolute atomic E-state index is 0.0651. The number of ether oxygens (including phenoxy) is 1. The van der Waals surface area contributed by atoms with E-state index in [1.807, 2.05) is 26.0 Å². The van der Waals surface area contributed by atoms with Gasteiger partial charge in [0.25, 0.3) is 0 Å². The predicted octanol–water partition coefficient (Wildman–Crippen LogP) is 4.47. The third-order valence-corrected chi connectivity index (χ3v) is 5.74. The molecule has 2 aromatic heterocycles.